The molecule has 43 heavy (non-hydrogen) atoms. The molecule has 4 aromatic heterocycles. The van der Waals surface area contributed by atoms with Gasteiger partial charge in [0.2, 0.25) is 0 Å². The van der Waals surface area contributed by atoms with Crippen molar-refractivity contribution in [3.05, 3.63) is 84.1 Å². The molecule has 0 bridgehead atoms. The molecule has 0 unspecified atom stereocenters. The lowest BCUT2D eigenvalue weighted by atomic mass is 10.0. The van der Waals surface area contributed by atoms with E-state index in [0.717, 1.165) is 47.7 Å². The third kappa shape index (κ3) is 6.68. The minimum absolute atomic E-state index is 0.436. The van der Waals surface area contributed by atoms with Crippen LogP contribution in [0.15, 0.2) is 67.3 Å². The topological polar surface area (TPSA) is 150 Å². The Labute approximate surface area is 242 Å². The Hall–Kier alpha value is -5.55. The molecule has 218 valence electrons. The number of carbonyl (C=O) groups is 1. The molecule has 0 fully saturated rings. The van der Waals surface area contributed by atoms with Crippen LogP contribution < -0.4 is 15.4 Å². The Balaban J connectivity index is 0.000000472. The van der Waals surface area contributed by atoms with Gasteiger partial charge in [0.1, 0.15) is 29.4 Å². The largest absolute Gasteiger partial charge is 0.490 e. The van der Waals surface area contributed by atoms with Gasteiger partial charge < -0.3 is 20.5 Å². The summed E-state index contributed by atoms with van der Waals surface area (Å²) < 4.78 is 39.5. The first-order chi connectivity index (χ1) is 20.6. The highest BCUT2D eigenvalue weighted by Gasteiger charge is 2.38. The van der Waals surface area contributed by atoms with Gasteiger partial charge in [0, 0.05) is 30.7 Å². The number of aromatic nitrogens is 5. The van der Waals surface area contributed by atoms with Gasteiger partial charge in [-0.1, -0.05) is 6.08 Å². The number of ether oxygens (including phenoxy) is 1. The Morgan fingerprint density at radius 1 is 1.19 bits per heavy atom. The predicted molar refractivity (Wildman–Crippen MR) is 151 cm³/mol. The number of hydrogen-bond donors (Lipinski definition) is 3. The number of halogens is 3. The van der Waals surface area contributed by atoms with Crippen molar-refractivity contribution >= 4 is 39.6 Å². The first-order valence-electron chi connectivity index (χ1n) is 12.9. The molecule has 5 aromatic rings. The van der Waals surface area contributed by atoms with Gasteiger partial charge in [0.15, 0.2) is 5.65 Å². The maximum absolute atomic E-state index is 10.6. The van der Waals surface area contributed by atoms with Crippen LogP contribution in [0.1, 0.15) is 23.2 Å². The predicted octanol–water partition coefficient (Wildman–Crippen LogP) is 5.40. The number of aliphatic carboxylic acids is 1. The minimum Gasteiger partial charge on any atom is -0.475 e. The van der Waals surface area contributed by atoms with Crippen LogP contribution in [0.3, 0.4) is 0 Å². The summed E-state index contributed by atoms with van der Waals surface area (Å²) >= 11 is 0. The van der Waals surface area contributed by atoms with Gasteiger partial charge in [-0.05, 0) is 67.4 Å². The summed E-state index contributed by atoms with van der Waals surface area (Å²) in [5.41, 5.74) is 7.07. The van der Waals surface area contributed by atoms with Gasteiger partial charge in [-0.2, -0.15) is 23.5 Å². The molecule has 0 radical (unpaired) electrons. The van der Waals surface area contributed by atoms with Gasteiger partial charge in [0.05, 0.1) is 22.5 Å². The van der Waals surface area contributed by atoms with Crippen molar-refractivity contribution in [1.29, 1.82) is 5.26 Å². The summed E-state index contributed by atoms with van der Waals surface area (Å²) in [7, 11) is 0. The standard InChI is InChI=1S/C27H22N8O.C2HF3O2/c1-17-12-20(2-5-24(17)36-21-8-11-35-25(13-21)31-16-32-35)33-26-19(14-28)15-30-23-4-3-22(34-27(23)26)18-6-9-29-10-7-18;3-2(4,5)1(6)7/h2-6,8,11-13,15-16,29H,7,9-10H2,1H3,(H,30,33);(H,6,7). The number of nitriles is 1. The average molecular weight is 589 g/mol. The van der Waals surface area contributed by atoms with Gasteiger partial charge >= 0.3 is 12.1 Å². The highest BCUT2D eigenvalue weighted by Crippen LogP contribution is 2.32. The summed E-state index contributed by atoms with van der Waals surface area (Å²) in [4.78, 5) is 22.5. The highest BCUT2D eigenvalue weighted by molar-refractivity contribution is 5.93. The molecule has 0 saturated carbocycles. The molecular weight excluding hydrogens is 565 g/mol. The number of fused-ring (bicyclic) bond motifs is 2. The molecule has 0 amide bonds. The van der Waals surface area contributed by atoms with E-state index in [1.54, 1.807) is 10.7 Å². The molecule has 3 N–H and O–H groups in total. The van der Waals surface area contributed by atoms with Crippen LogP contribution in [0, 0.1) is 18.3 Å². The van der Waals surface area contributed by atoms with Crippen molar-refractivity contribution in [2.75, 3.05) is 18.4 Å². The molecule has 11 nitrogen and oxygen atoms in total. The lowest BCUT2D eigenvalue weighted by molar-refractivity contribution is -0.192. The number of nitrogens with zero attached hydrogens (tertiary/aromatic N) is 6. The first kappa shape index (κ1) is 29.0. The SMILES string of the molecule is Cc1cc(Nc2c(C#N)cnc3ccc(C4=CCNCC4)nc23)ccc1Oc1ccn2ncnc2c1.O=C(O)C(F)(F)F. The van der Waals surface area contributed by atoms with E-state index in [2.05, 4.69) is 37.8 Å². The molecule has 14 heteroatoms. The molecule has 0 aliphatic carbocycles. The van der Waals surface area contributed by atoms with E-state index in [1.165, 1.54) is 11.9 Å². The smallest absolute Gasteiger partial charge is 0.475 e. The van der Waals surface area contributed by atoms with Crippen LogP contribution in [0.2, 0.25) is 0 Å². The zero-order chi connectivity index (χ0) is 30.6. The molecule has 5 heterocycles. The molecule has 0 atom stereocenters. The maximum atomic E-state index is 10.6. The fourth-order valence-electron chi connectivity index (χ4n) is 4.28. The number of pyridine rings is 3. The summed E-state index contributed by atoms with van der Waals surface area (Å²) in [5, 5.41) is 27.8. The van der Waals surface area contributed by atoms with Crippen LogP contribution in [0.25, 0.3) is 22.3 Å². The molecule has 1 aliphatic heterocycles. The van der Waals surface area contributed by atoms with E-state index in [4.69, 9.17) is 19.6 Å². The number of hydrogen-bond acceptors (Lipinski definition) is 9. The van der Waals surface area contributed by atoms with Gasteiger partial charge in [-0.15, -0.1) is 0 Å². The van der Waals surface area contributed by atoms with Crippen molar-refractivity contribution < 1.29 is 27.8 Å². The minimum atomic E-state index is -5.08. The summed E-state index contributed by atoms with van der Waals surface area (Å²) in [5.74, 6) is -1.36. The van der Waals surface area contributed by atoms with E-state index in [0.29, 0.717) is 28.2 Å². The summed E-state index contributed by atoms with van der Waals surface area (Å²) in [6.45, 7) is 3.73. The van der Waals surface area contributed by atoms with Crippen LogP contribution >= 0.6 is 0 Å². The molecule has 1 aromatic carbocycles. The second-order valence-electron chi connectivity index (χ2n) is 9.34. The number of benzene rings is 1. The highest BCUT2D eigenvalue weighted by atomic mass is 19.4. The number of carboxylic acid groups (broad SMARTS) is 1. The summed E-state index contributed by atoms with van der Waals surface area (Å²) in [6, 6.07) is 15.7. The van der Waals surface area contributed by atoms with E-state index in [9.17, 15) is 18.4 Å². The zero-order valence-electron chi connectivity index (χ0n) is 22.6. The lowest BCUT2D eigenvalue weighted by Gasteiger charge is -2.16. The zero-order valence-corrected chi connectivity index (χ0v) is 22.6. The molecule has 0 saturated heterocycles. The number of carboxylic acids is 1. The van der Waals surface area contributed by atoms with Crippen LogP contribution in [0.5, 0.6) is 11.5 Å². The van der Waals surface area contributed by atoms with Crippen LogP contribution in [-0.4, -0.2) is 54.9 Å². The van der Waals surface area contributed by atoms with Crippen LogP contribution in [0.4, 0.5) is 24.5 Å². The van der Waals surface area contributed by atoms with E-state index >= 15 is 0 Å². The number of nitrogens with one attached hydrogen (secondary N) is 2. The summed E-state index contributed by atoms with van der Waals surface area (Å²) in [6.07, 6.45) is 2.89. The Morgan fingerprint density at radius 3 is 2.70 bits per heavy atom. The van der Waals surface area contributed by atoms with Gasteiger partial charge in [-0.3, -0.25) is 4.98 Å². The first-order valence-corrected chi connectivity index (χ1v) is 12.9. The Bertz CT molecular complexity index is 1900. The third-order valence-electron chi connectivity index (χ3n) is 6.39. The van der Waals surface area contributed by atoms with E-state index < -0.39 is 12.1 Å². The molecular formula is C29H23F3N8O3. The second kappa shape index (κ2) is 12.1. The molecule has 0 spiro atoms. The van der Waals surface area contributed by atoms with E-state index in [1.807, 2.05) is 55.6 Å². The quantitative estimate of drug-likeness (QED) is 0.244. The van der Waals surface area contributed by atoms with Gasteiger partial charge in [0.25, 0.3) is 0 Å². The fraction of sp³-hybridized carbons (Fsp3) is 0.172. The number of anilines is 2. The third-order valence-corrected chi connectivity index (χ3v) is 6.39. The monoisotopic (exact) mass is 588 g/mol. The van der Waals surface area contributed by atoms with Crippen LogP contribution in [-0.2, 0) is 4.79 Å². The van der Waals surface area contributed by atoms with E-state index in [-0.39, 0.29) is 0 Å². The van der Waals surface area contributed by atoms with Crippen molar-refractivity contribution in [2.45, 2.75) is 19.5 Å². The van der Waals surface area contributed by atoms with Gasteiger partial charge in [-0.25, -0.2) is 19.3 Å². The number of alkyl halides is 3. The lowest BCUT2D eigenvalue weighted by Crippen LogP contribution is -2.21. The average Bonchev–Trinajstić information content (AvgIpc) is 3.47. The number of rotatable bonds is 5. The Morgan fingerprint density at radius 2 is 2.00 bits per heavy atom. The Kier molecular flexibility index (Phi) is 8.17. The fourth-order valence-corrected chi connectivity index (χ4v) is 4.28. The maximum Gasteiger partial charge on any atom is 0.490 e. The molecule has 1 aliphatic rings. The number of aryl methyl sites for hydroxylation is 1. The second-order valence-corrected chi connectivity index (χ2v) is 9.34. The normalized spacial score (nSPS) is 13.0. The van der Waals surface area contributed by atoms with Crippen molar-refractivity contribution in [1.82, 2.24) is 29.9 Å². The van der Waals surface area contributed by atoms with Crippen molar-refractivity contribution in [3.8, 4) is 17.6 Å². The van der Waals surface area contributed by atoms with Crippen molar-refractivity contribution in [2.24, 2.45) is 0 Å². The van der Waals surface area contributed by atoms with Crippen molar-refractivity contribution in [3.63, 3.8) is 0 Å². The molecule has 6 rings (SSSR count).